The molecule has 3 atom stereocenters. The smallest absolute Gasteiger partial charge is 0.312 e. The van der Waals surface area contributed by atoms with Crippen molar-refractivity contribution in [1.82, 2.24) is 0 Å². The molecule has 0 radical (unpaired) electrons. The summed E-state index contributed by atoms with van der Waals surface area (Å²) in [5, 5.41) is 0. The first kappa shape index (κ1) is 7.06. The zero-order valence-corrected chi connectivity index (χ0v) is 6.28. The van der Waals surface area contributed by atoms with Crippen molar-refractivity contribution in [3.05, 3.63) is 0 Å². The highest BCUT2D eigenvalue weighted by Gasteiger charge is 2.46. The minimum absolute atomic E-state index is 0.0625. The Bertz CT molecular complexity index is 179. The maximum Gasteiger partial charge on any atom is 0.312 e. The van der Waals surface area contributed by atoms with Gasteiger partial charge in [0.15, 0.2) is 6.29 Å². The van der Waals surface area contributed by atoms with E-state index in [4.69, 9.17) is 14.2 Å². The van der Waals surface area contributed by atoms with E-state index in [2.05, 4.69) is 0 Å². The molecule has 0 bridgehead atoms. The van der Waals surface area contributed by atoms with Crippen molar-refractivity contribution in [3.63, 3.8) is 0 Å². The zero-order valence-electron chi connectivity index (χ0n) is 6.28. The summed E-state index contributed by atoms with van der Waals surface area (Å²) in [6, 6.07) is 0. The minimum Gasteiger partial charge on any atom is -0.463 e. The van der Waals surface area contributed by atoms with E-state index in [0.29, 0.717) is 13.0 Å². The van der Waals surface area contributed by atoms with E-state index in [9.17, 15) is 4.79 Å². The van der Waals surface area contributed by atoms with E-state index in [1.807, 2.05) is 0 Å². The molecule has 4 nitrogen and oxygen atoms in total. The standard InChI is InChI=1S/C7H10O4/c1-9-6-2-4-5(11-6)3-10-7(4)8/h4-6H,2-3H2,1H3/t4-,5-,6+/m1/s1. The molecular weight excluding hydrogens is 148 g/mol. The molecular formula is C7H10O4. The van der Waals surface area contributed by atoms with Crippen molar-refractivity contribution >= 4 is 5.97 Å². The van der Waals surface area contributed by atoms with Crippen LogP contribution in [-0.4, -0.2) is 32.1 Å². The van der Waals surface area contributed by atoms with Crippen molar-refractivity contribution in [3.8, 4) is 0 Å². The van der Waals surface area contributed by atoms with Crippen LogP contribution in [0.25, 0.3) is 0 Å². The number of esters is 1. The molecule has 11 heavy (non-hydrogen) atoms. The number of carbonyl (C=O) groups is 1. The van der Waals surface area contributed by atoms with Gasteiger partial charge in [0.1, 0.15) is 12.7 Å². The van der Waals surface area contributed by atoms with Gasteiger partial charge in [-0.25, -0.2) is 0 Å². The van der Waals surface area contributed by atoms with Crippen molar-refractivity contribution in [2.45, 2.75) is 18.8 Å². The first-order valence-corrected chi connectivity index (χ1v) is 3.66. The van der Waals surface area contributed by atoms with Crippen molar-refractivity contribution in [2.24, 2.45) is 5.92 Å². The van der Waals surface area contributed by atoms with Crippen LogP contribution in [-0.2, 0) is 19.0 Å². The molecule has 0 aliphatic carbocycles. The highest BCUT2D eigenvalue weighted by molar-refractivity contribution is 5.75. The largest absolute Gasteiger partial charge is 0.463 e. The lowest BCUT2D eigenvalue weighted by Crippen LogP contribution is -2.15. The van der Waals surface area contributed by atoms with Crippen LogP contribution in [0.15, 0.2) is 0 Å². The van der Waals surface area contributed by atoms with Gasteiger partial charge < -0.3 is 14.2 Å². The van der Waals surface area contributed by atoms with Gasteiger partial charge in [0, 0.05) is 13.5 Å². The average Bonchev–Trinajstić information content (AvgIpc) is 2.53. The molecule has 0 aromatic carbocycles. The van der Waals surface area contributed by atoms with Crippen molar-refractivity contribution < 1.29 is 19.0 Å². The second-order valence-electron chi connectivity index (χ2n) is 2.81. The third-order valence-corrected chi connectivity index (χ3v) is 2.18. The lowest BCUT2D eigenvalue weighted by atomic mass is 10.1. The van der Waals surface area contributed by atoms with Crippen LogP contribution in [0.3, 0.4) is 0 Å². The van der Waals surface area contributed by atoms with Gasteiger partial charge in [0.25, 0.3) is 0 Å². The molecule has 2 heterocycles. The topological polar surface area (TPSA) is 44.8 Å². The lowest BCUT2D eigenvalue weighted by molar-refractivity contribution is -0.146. The Morgan fingerprint density at radius 3 is 3.09 bits per heavy atom. The Morgan fingerprint density at radius 1 is 1.64 bits per heavy atom. The number of rotatable bonds is 1. The molecule has 0 saturated carbocycles. The number of hydrogen-bond donors (Lipinski definition) is 0. The molecule has 0 spiro atoms. The monoisotopic (exact) mass is 158 g/mol. The Morgan fingerprint density at radius 2 is 2.45 bits per heavy atom. The number of cyclic esters (lactones) is 1. The molecule has 62 valence electrons. The maximum atomic E-state index is 11.0. The van der Waals surface area contributed by atoms with Crippen LogP contribution in [0, 0.1) is 5.92 Å². The maximum absolute atomic E-state index is 11.0. The van der Waals surface area contributed by atoms with Gasteiger partial charge >= 0.3 is 5.97 Å². The fourth-order valence-corrected chi connectivity index (χ4v) is 1.53. The average molecular weight is 158 g/mol. The predicted molar refractivity (Wildman–Crippen MR) is 34.7 cm³/mol. The first-order chi connectivity index (χ1) is 5.31. The summed E-state index contributed by atoms with van der Waals surface area (Å²) in [7, 11) is 1.58. The van der Waals surface area contributed by atoms with Gasteiger partial charge in [-0.1, -0.05) is 0 Å². The van der Waals surface area contributed by atoms with Gasteiger partial charge in [0.2, 0.25) is 0 Å². The van der Waals surface area contributed by atoms with Crippen LogP contribution >= 0.6 is 0 Å². The third kappa shape index (κ3) is 1.02. The van der Waals surface area contributed by atoms with Crippen molar-refractivity contribution in [1.29, 1.82) is 0 Å². The summed E-state index contributed by atoms with van der Waals surface area (Å²) in [6.45, 7) is 0.392. The molecule has 2 saturated heterocycles. The van der Waals surface area contributed by atoms with Gasteiger partial charge in [-0.2, -0.15) is 0 Å². The fraction of sp³-hybridized carbons (Fsp3) is 0.857. The van der Waals surface area contributed by atoms with E-state index in [0.717, 1.165) is 0 Å². The van der Waals surface area contributed by atoms with Crippen LogP contribution in [0.5, 0.6) is 0 Å². The number of carbonyl (C=O) groups excluding carboxylic acids is 1. The normalized spacial score (nSPS) is 42.3. The van der Waals surface area contributed by atoms with Crippen LogP contribution in [0.2, 0.25) is 0 Å². The van der Waals surface area contributed by atoms with Gasteiger partial charge in [-0.15, -0.1) is 0 Å². The van der Waals surface area contributed by atoms with Gasteiger partial charge in [0.05, 0.1) is 5.92 Å². The molecule has 0 unspecified atom stereocenters. The molecule has 4 heteroatoms. The minimum atomic E-state index is -0.210. The van der Waals surface area contributed by atoms with Crippen molar-refractivity contribution in [2.75, 3.05) is 13.7 Å². The SMILES string of the molecule is CO[C@@H]1C[C@H]2C(=O)OC[C@H]2O1. The van der Waals surface area contributed by atoms with E-state index < -0.39 is 0 Å². The Balaban J connectivity index is 2.04. The molecule has 0 aromatic heterocycles. The Hall–Kier alpha value is -0.610. The summed E-state index contributed by atoms with van der Waals surface area (Å²) in [5.74, 6) is -0.227. The summed E-state index contributed by atoms with van der Waals surface area (Å²) in [5.41, 5.74) is 0. The lowest BCUT2D eigenvalue weighted by Gasteiger charge is -2.08. The molecule has 0 aromatic rings. The van der Waals surface area contributed by atoms with Crippen LogP contribution in [0.4, 0.5) is 0 Å². The van der Waals surface area contributed by atoms with Crippen LogP contribution < -0.4 is 0 Å². The van der Waals surface area contributed by atoms with Gasteiger partial charge in [-0.05, 0) is 0 Å². The van der Waals surface area contributed by atoms with E-state index in [1.165, 1.54) is 0 Å². The Kier molecular flexibility index (Phi) is 1.58. The number of ether oxygens (including phenoxy) is 3. The van der Waals surface area contributed by atoms with Crippen LogP contribution in [0.1, 0.15) is 6.42 Å². The number of methoxy groups -OCH3 is 1. The first-order valence-electron chi connectivity index (χ1n) is 3.66. The molecule has 2 rings (SSSR count). The van der Waals surface area contributed by atoms with Gasteiger partial charge in [-0.3, -0.25) is 4.79 Å². The summed E-state index contributed by atoms with van der Waals surface area (Å²) in [6.07, 6.45) is 0.366. The third-order valence-electron chi connectivity index (χ3n) is 2.18. The highest BCUT2D eigenvalue weighted by atomic mass is 16.7. The molecule has 2 aliphatic heterocycles. The predicted octanol–water partition coefficient (Wildman–Crippen LogP) is -0.0792. The molecule has 2 aliphatic rings. The Labute approximate surface area is 64.4 Å². The molecule has 0 N–H and O–H groups in total. The number of hydrogen-bond acceptors (Lipinski definition) is 4. The zero-order chi connectivity index (χ0) is 7.84. The molecule has 2 fully saturated rings. The molecule has 0 amide bonds. The fourth-order valence-electron chi connectivity index (χ4n) is 1.53. The summed E-state index contributed by atoms with van der Waals surface area (Å²) >= 11 is 0. The summed E-state index contributed by atoms with van der Waals surface area (Å²) < 4.78 is 15.1. The van der Waals surface area contributed by atoms with E-state index >= 15 is 0 Å². The second kappa shape index (κ2) is 2.46. The highest BCUT2D eigenvalue weighted by Crippen LogP contribution is 2.32. The summed E-state index contributed by atoms with van der Waals surface area (Å²) in [4.78, 5) is 11.0. The second-order valence-corrected chi connectivity index (χ2v) is 2.81. The van der Waals surface area contributed by atoms with E-state index in [-0.39, 0.29) is 24.3 Å². The quantitative estimate of drug-likeness (QED) is 0.501. The van der Waals surface area contributed by atoms with E-state index in [1.54, 1.807) is 7.11 Å². The number of fused-ring (bicyclic) bond motifs is 1.